The number of fused-ring (bicyclic) bond motifs is 1. The second-order valence-corrected chi connectivity index (χ2v) is 10.0. The van der Waals surface area contributed by atoms with Gasteiger partial charge in [-0.15, -0.1) is 12.4 Å². The number of aromatic nitrogens is 2. The van der Waals surface area contributed by atoms with E-state index in [1.165, 1.54) is 0 Å². The van der Waals surface area contributed by atoms with Gasteiger partial charge in [0.05, 0.1) is 17.7 Å². The van der Waals surface area contributed by atoms with Gasteiger partial charge < -0.3 is 20.1 Å². The Hall–Kier alpha value is -3.06. The van der Waals surface area contributed by atoms with Crippen LogP contribution in [-0.4, -0.2) is 47.4 Å². The van der Waals surface area contributed by atoms with Gasteiger partial charge in [-0.25, -0.2) is 14.8 Å². The van der Waals surface area contributed by atoms with Gasteiger partial charge in [0.15, 0.2) is 5.82 Å². The van der Waals surface area contributed by atoms with Crippen LogP contribution in [0.5, 0.6) is 5.75 Å². The fourth-order valence-electron chi connectivity index (χ4n) is 4.00. The summed E-state index contributed by atoms with van der Waals surface area (Å²) in [5.74, 6) is 1.83. The van der Waals surface area contributed by atoms with Crippen molar-refractivity contribution >= 4 is 35.2 Å². The predicted octanol–water partition coefficient (Wildman–Crippen LogP) is 5.33. The van der Waals surface area contributed by atoms with Crippen LogP contribution in [0.1, 0.15) is 32.8 Å². The molecule has 7 nitrogen and oxygen atoms in total. The number of phenols is 1. The second-order valence-electron chi connectivity index (χ2n) is 10.0. The molecule has 1 fully saturated rings. The molecule has 0 bridgehead atoms. The number of anilines is 1. The summed E-state index contributed by atoms with van der Waals surface area (Å²) < 4.78 is 5.31. The highest BCUT2D eigenvalue weighted by Crippen LogP contribution is 2.33. The van der Waals surface area contributed by atoms with Gasteiger partial charge in [0, 0.05) is 25.0 Å². The van der Waals surface area contributed by atoms with Crippen LogP contribution in [0.4, 0.5) is 10.6 Å². The van der Waals surface area contributed by atoms with Crippen molar-refractivity contribution in [1.82, 2.24) is 15.3 Å². The van der Waals surface area contributed by atoms with Gasteiger partial charge in [0.2, 0.25) is 0 Å². The monoisotopic (exact) mass is 484 g/mol. The van der Waals surface area contributed by atoms with Crippen molar-refractivity contribution in [3.05, 3.63) is 48.0 Å². The summed E-state index contributed by atoms with van der Waals surface area (Å²) in [7, 11) is 0. The van der Waals surface area contributed by atoms with Crippen molar-refractivity contribution in [1.29, 1.82) is 0 Å². The number of hydrogen-bond acceptors (Lipinski definition) is 6. The number of carbonyl (C=O) groups excluding carboxylic acids is 1. The van der Waals surface area contributed by atoms with E-state index >= 15 is 0 Å². The first-order valence-corrected chi connectivity index (χ1v) is 11.4. The Morgan fingerprint density at radius 2 is 1.97 bits per heavy atom. The lowest BCUT2D eigenvalue weighted by Gasteiger charge is -2.21. The minimum atomic E-state index is -0.367. The third-order valence-electron chi connectivity index (χ3n) is 5.73. The van der Waals surface area contributed by atoms with E-state index in [1.54, 1.807) is 12.1 Å². The molecule has 34 heavy (non-hydrogen) atoms. The molecule has 1 atom stereocenters. The van der Waals surface area contributed by atoms with Crippen LogP contribution in [-0.2, 0) is 4.74 Å². The number of aromatic hydroxyl groups is 1. The van der Waals surface area contributed by atoms with Crippen molar-refractivity contribution in [3.63, 3.8) is 0 Å². The summed E-state index contributed by atoms with van der Waals surface area (Å²) in [5.41, 5.74) is 2.53. The van der Waals surface area contributed by atoms with Crippen LogP contribution in [0.15, 0.2) is 42.5 Å². The van der Waals surface area contributed by atoms with Gasteiger partial charge in [-0.3, -0.25) is 0 Å². The third-order valence-corrected chi connectivity index (χ3v) is 5.73. The molecule has 3 aromatic rings. The van der Waals surface area contributed by atoms with Crippen LogP contribution >= 0.6 is 12.4 Å². The van der Waals surface area contributed by atoms with Gasteiger partial charge in [-0.05, 0) is 54.5 Å². The van der Waals surface area contributed by atoms with Crippen LogP contribution in [0, 0.1) is 18.3 Å². The zero-order valence-electron chi connectivity index (χ0n) is 20.2. The topological polar surface area (TPSA) is 87.6 Å². The Balaban J connectivity index is 0.00000324. The number of amides is 1. The first kappa shape index (κ1) is 25.6. The first-order valence-electron chi connectivity index (χ1n) is 11.4. The molecular formula is C26H33ClN4O3. The third kappa shape index (κ3) is 6.08. The van der Waals surface area contributed by atoms with E-state index < -0.39 is 0 Å². The maximum Gasteiger partial charge on any atom is 0.407 e. The van der Waals surface area contributed by atoms with Gasteiger partial charge >= 0.3 is 6.09 Å². The quantitative estimate of drug-likeness (QED) is 0.508. The summed E-state index contributed by atoms with van der Waals surface area (Å²) >= 11 is 0. The SMILES string of the molecule is Cc1ccc2c(N3CC[C@@H](CNC(=O)OCC(C)(C)C)C3)nc(-c3ccccc3O)nc2c1.Cl. The average Bonchev–Trinajstić information content (AvgIpc) is 3.24. The van der Waals surface area contributed by atoms with E-state index in [9.17, 15) is 9.90 Å². The first-order chi connectivity index (χ1) is 15.7. The Kier molecular flexibility index (Phi) is 7.87. The molecule has 0 radical (unpaired) electrons. The van der Waals surface area contributed by atoms with Crippen LogP contribution < -0.4 is 10.2 Å². The van der Waals surface area contributed by atoms with Crippen LogP contribution in [0.25, 0.3) is 22.3 Å². The normalized spacial score (nSPS) is 15.8. The summed E-state index contributed by atoms with van der Waals surface area (Å²) in [6.07, 6.45) is 0.580. The number of halogens is 1. The van der Waals surface area contributed by atoms with E-state index in [0.717, 1.165) is 41.8 Å². The number of nitrogens with zero attached hydrogens (tertiary/aromatic N) is 3. The van der Waals surface area contributed by atoms with E-state index in [0.29, 0.717) is 30.5 Å². The Bertz CT molecular complexity index is 1160. The Labute approximate surface area is 207 Å². The van der Waals surface area contributed by atoms with Crippen LogP contribution in [0.2, 0.25) is 0 Å². The number of aryl methyl sites for hydroxylation is 1. The van der Waals surface area contributed by atoms with Gasteiger partial charge in [-0.1, -0.05) is 39.0 Å². The largest absolute Gasteiger partial charge is 0.507 e. The summed E-state index contributed by atoms with van der Waals surface area (Å²) in [4.78, 5) is 23.9. The molecule has 4 rings (SSSR count). The van der Waals surface area contributed by atoms with Crippen molar-refractivity contribution < 1.29 is 14.6 Å². The van der Waals surface area contributed by atoms with E-state index in [2.05, 4.69) is 22.3 Å². The highest BCUT2D eigenvalue weighted by atomic mass is 35.5. The number of para-hydroxylation sites is 1. The smallest absolute Gasteiger partial charge is 0.407 e. The number of alkyl carbamates (subject to hydrolysis) is 1. The molecule has 0 unspecified atom stereocenters. The molecule has 0 spiro atoms. The van der Waals surface area contributed by atoms with E-state index in [1.807, 2.05) is 45.9 Å². The standard InChI is InChI=1S/C26H32N4O3.ClH/c1-17-9-10-19-21(13-17)28-23(20-7-5-6-8-22(20)31)29-24(19)30-12-11-18(15-30)14-27-25(32)33-16-26(2,3)4;/h5-10,13,18,31H,11-12,14-16H2,1-4H3,(H,27,32);1H/t18-;/m0./s1. The number of hydrogen-bond donors (Lipinski definition) is 2. The lowest BCUT2D eigenvalue weighted by Crippen LogP contribution is -2.33. The molecule has 8 heteroatoms. The van der Waals surface area contributed by atoms with E-state index in [4.69, 9.17) is 14.7 Å². The molecule has 2 heterocycles. The maximum absolute atomic E-state index is 12.0. The molecule has 0 aliphatic carbocycles. The van der Waals surface area contributed by atoms with Crippen molar-refractivity contribution in [2.45, 2.75) is 34.1 Å². The number of benzene rings is 2. The molecule has 2 N–H and O–H groups in total. The average molecular weight is 485 g/mol. The van der Waals surface area contributed by atoms with E-state index in [-0.39, 0.29) is 29.7 Å². The minimum absolute atomic E-state index is 0. The Morgan fingerprint density at radius 1 is 1.21 bits per heavy atom. The Morgan fingerprint density at radius 3 is 2.71 bits per heavy atom. The molecule has 0 saturated carbocycles. The maximum atomic E-state index is 12.0. The highest BCUT2D eigenvalue weighted by Gasteiger charge is 2.26. The molecule has 1 aromatic heterocycles. The summed E-state index contributed by atoms with van der Waals surface area (Å²) in [6.45, 7) is 10.7. The number of phenolic OH excluding ortho intramolecular Hbond substituents is 1. The zero-order valence-corrected chi connectivity index (χ0v) is 21.0. The van der Waals surface area contributed by atoms with Gasteiger partial charge in [0.25, 0.3) is 0 Å². The molecule has 2 aromatic carbocycles. The molecular weight excluding hydrogens is 452 g/mol. The fourth-order valence-corrected chi connectivity index (χ4v) is 4.00. The lowest BCUT2D eigenvalue weighted by atomic mass is 9.99. The van der Waals surface area contributed by atoms with Crippen molar-refractivity contribution in [3.8, 4) is 17.1 Å². The summed E-state index contributed by atoms with van der Waals surface area (Å²) in [6, 6.07) is 13.3. The number of rotatable bonds is 5. The van der Waals surface area contributed by atoms with Gasteiger partial charge in [-0.2, -0.15) is 0 Å². The molecule has 1 amide bonds. The van der Waals surface area contributed by atoms with Gasteiger partial charge in [0.1, 0.15) is 11.6 Å². The van der Waals surface area contributed by atoms with Crippen molar-refractivity contribution in [2.75, 3.05) is 31.1 Å². The summed E-state index contributed by atoms with van der Waals surface area (Å²) in [5, 5.41) is 14.2. The molecule has 1 aliphatic rings. The number of carbonyl (C=O) groups is 1. The number of nitrogens with one attached hydrogen (secondary N) is 1. The van der Waals surface area contributed by atoms with Crippen molar-refractivity contribution in [2.24, 2.45) is 11.3 Å². The molecule has 182 valence electrons. The minimum Gasteiger partial charge on any atom is -0.507 e. The fraction of sp³-hybridized carbons (Fsp3) is 0.423. The lowest BCUT2D eigenvalue weighted by molar-refractivity contribution is 0.105. The van der Waals surface area contributed by atoms with Crippen LogP contribution in [0.3, 0.4) is 0 Å². The highest BCUT2D eigenvalue weighted by molar-refractivity contribution is 5.92. The molecule has 1 aliphatic heterocycles. The number of ether oxygens (including phenoxy) is 1. The second kappa shape index (κ2) is 10.5. The molecule has 1 saturated heterocycles. The predicted molar refractivity (Wildman–Crippen MR) is 138 cm³/mol. The zero-order chi connectivity index (χ0) is 23.6.